The van der Waals surface area contributed by atoms with Crippen LogP contribution in [0.2, 0.25) is 0 Å². The first-order valence-corrected chi connectivity index (χ1v) is 5.23. The first kappa shape index (κ1) is 13.2. The number of rotatable bonds is 6. The van der Waals surface area contributed by atoms with Gasteiger partial charge in [0.25, 0.3) is 0 Å². The number of furan rings is 1. The number of hydrogen-bond acceptors (Lipinski definition) is 4. The van der Waals surface area contributed by atoms with Gasteiger partial charge in [-0.1, -0.05) is 0 Å². The molecule has 1 heterocycles. The fourth-order valence-corrected chi connectivity index (χ4v) is 1.49. The molecule has 17 heavy (non-hydrogen) atoms. The van der Waals surface area contributed by atoms with Gasteiger partial charge in [-0.3, -0.25) is 9.69 Å². The van der Waals surface area contributed by atoms with E-state index >= 15 is 0 Å². The lowest BCUT2D eigenvalue weighted by atomic mass is 10.2. The van der Waals surface area contributed by atoms with Crippen LogP contribution in [0.3, 0.4) is 0 Å². The van der Waals surface area contributed by atoms with Crippen LogP contribution < -0.4 is 5.73 Å². The fraction of sp³-hybridized carbons (Fsp3) is 0.455. The van der Waals surface area contributed by atoms with Gasteiger partial charge < -0.3 is 15.3 Å². The van der Waals surface area contributed by atoms with Crippen LogP contribution in [-0.2, 0) is 11.3 Å². The van der Waals surface area contributed by atoms with E-state index in [4.69, 9.17) is 15.3 Å². The number of primary amides is 1. The smallest absolute Gasteiger partial charge is 0.372 e. The molecule has 0 aliphatic rings. The summed E-state index contributed by atoms with van der Waals surface area (Å²) in [6.45, 7) is 4.22. The molecule has 1 amide bonds. The maximum absolute atomic E-state index is 10.9. The molecule has 0 saturated heterocycles. The van der Waals surface area contributed by atoms with Crippen molar-refractivity contribution in [2.45, 2.75) is 26.4 Å². The second-order valence-electron chi connectivity index (χ2n) is 4.05. The zero-order valence-electron chi connectivity index (χ0n) is 9.84. The standard InChI is InChI=1S/C11H16N2O4/c1-7(2)13(6-9(12)14)5-8-3-4-17-10(8)11(15)16/h3-4,7H,5-6H2,1-2H3,(H2,12,14)(H,15,16). The van der Waals surface area contributed by atoms with Gasteiger partial charge >= 0.3 is 5.97 Å². The van der Waals surface area contributed by atoms with E-state index in [0.29, 0.717) is 12.1 Å². The van der Waals surface area contributed by atoms with Gasteiger partial charge in [0.2, 0.25) is 11.7 Å². The van der Waals surface area contributed by atoms with E-state index in [2.05, 4.69) is 0 Å². The Morgan fingerprint density at radius 1 is 1.53 bits per heavy atom. The SMILES string of the molecule is CC(C)N(CC(N)=O)Cc1ccoc1C(=O)O. The summed E-state index contributed by atoms with van der Waals surface area (Å²) in [7, 11) is 0. The van der Waals surface area contributed by atoms with Crippen LogP contribution in [0.15, 0.2) is 16.7 Å². The third-order valence-corrected chi connectivity index (χ3v) is 2.40. The Balaban J connectivity index is 2.82. The average molecular weight is 240 g/mol. The highest BCUT2D eigenvalue weighted by Gasteiger charge is 2.19. The topological polar surface area (TPSA) is 96.8 Å². The summed E-state index contributed by atoms with van der Waals surface area (Å²) in [4.78, 5) is 23.5. The van der Waals surface area contributed by atoms with Crippen molar-refractivity contribution in [3.05, 3.63) is 23.7 Å². The summed E-state index contributed by atoms with van der Waals surface area (Å²) in [6.07, 6.45) is 1.32. The second kappa shape index (κ2) is 5.49. The van der Waals surface area contributed by atoms with Gasteiger partial charge in [0.1, 0.15) is 0 Å². The predicted molar refractivity (Wildman–Crippen MR) is 60.4 cm³/mol. The van der Waals surface area contributed by atoms with Crippen LogP contribution in [0, 0.1) is 0 Å². The molecular formula is C11H16N2O4. The van der Waals surface area contributed by atoms with E-state index in [1.807, 2.05) is 13.8 Å². The molecule has 0 spiro atoms. The Hall–Kier alpha value is -1.82. The van der Waals surface area contributed by atoms with Crippen LogP contribution in [0.25, 0.3) is 0 Å². The third-order valence-electron chi connectivity index (χ3n) is 2.40. The van der Waals surface area contributed by atoms with Crippen LogP contribution in [0.4, 0.5) is 0 Å². The van der Waals surface area contributed by atoms with Crippen molar-refractivity contribution >= 4 is 11.9 Å². The number of carbonyl (C=O) groups excluding carboxylic acids is 1. The molecule has 0 aliphatic heterocycles. The summed E-state index contributed by atoms with van der Waals surface area (Å²) in [5.74, 6) is -1.66. The maximum atomic E-state index is 10.9. The molecule has 0 radical (unpaired) electrons. The zero-order valence-corrected chi connectivity index (χ0v) is 9.84. The molecule has 0 saturated carbocycles. The fourth-order valence-electron chi connectivity index (χ4n) is 1.49. The van der Waals surface area contributed by atoms with Crippen molar-refractivity contribution in [1.29, 1.82) is 0 Å². The third kappa shape index (κ3) is 3.60. The van der Waals surface area contributed by atoms with Crippen molar-refractivity contribution in [1.82, 2.24) is 4.90 Å². The van der Waals surface area contributed by atoms with Gasteiger partial charge in [-0.2, -0.15) is 0 Å². The number of nitrogens with two attached hydrogens (primary N) is 1. The predicted octanol–water partition coefficient (Wildman–Crippen LogP) is 0.673. The Labute approximate surface area is 99.0 Å². The Kier molecular flexibility index (Phi) is 4.28. The van der Waals surface area contributed by atoms with Crippen molar-refractivity contribution in [3.8, 4) is 0 Å². The molecule has 0 aliphatic carbocycles. The molecule has 0 unspecified atom stereocenters. The molecule has 0 fully saturated rings. The lowest BCUT2D eigenvalue weighted by Crippen LogP contribution is -2.38. The van der Waals surface area contributed by atoms with E-state index in [-0.39, 0.29) is 18.3 Å². The van der Waals surface area contributed by atoms with Gasteiger partial charge in [-0.15, -0.1) is 0 Å². The first-order valence-electron chi connectivity index (χ1n) is 5.23. The minimum atomic E-state index is -1.12. The minimum absolute atomic E-state index is 0.0824. The molecule has 0 bridgehead atoms. The molecule has 3 N–H and O–H groups in total. The minimum Gasteiger partial charge on any atom is -0.475 e. The van der Waals surface area contributed by atoms with Crippen LogP contribution in [0.1, 0.15) is 30.0 Å². The van der Waals surface area contributed by atoms with Crippen molar-refractivity contribution < 1.29 is 19.1 Å². The normalized spacial score (nSPS) is 11.1. The lowest BCUT2D eigenvalue weighted by Gasteiger charge is -2.24. The van der Waals surface area contributed by atoms with Gasteiger partial charge in [-0.05, 0) is 19.9 Å². The Bertz CT molecular complexity index is 411. The Morgan fingerprint density at radius 2 is 2.18 bits per heavy atom. The van der Waals surface area contributed by atoms with Gasteiger partial charge in [0.05, 0.1) is 12.8 Å². The highest BCUT2D eigenvalue weighted by Crippen LogP contribution is 2.14. The largest absolute Gasteiger partial charge is 0.475 e. The first-order chi connectivity index (χ1) is 7.91. The molecule has 6 heteroatoms. The number of carboxylic acid groups (broad SMARTS) is 1. The lowest BCUT2D eigenvalue weighted by molar-refractivity contribution is -0.119. The average Bonchev–Trinajstić information content (AvgIpc) is 2.63. The number of nitrogens with zero attached hydrogens (tertiary/aromatic N) is 1. The van der Waals surface area contributed by atoms with E-state index in [0.717, 1.165) is 0 Å². The molecule has 0 atom stereocenters. The van der Waals surface area contributed by atoms with Gasteiger partial charge in [-0.25, -0.2) is 4.79 Å². The van der Waals surface area contributed by atoms with Gasteiger partial charge in [0, 0.05) is 18.2 Å². The monoisotopic (exact) mass is 240 g/mol. The number of aromatic carboxylic acids is 1. The van der Waals surface area contributed by atoms with Crippen molar-refractivity contribution in [2.24, 2.45) is 5.73 Å². The highest BCUT2D eigenvalue weighted by atomic mass is 16.4. The summed E-state index contributed by atoms with van der Waals surface area (Å²) in [5.41, 5.74) is 5.67. The molecule has 1 rings (SSSR count). The highest BCUT2D eigenvalue weighted by molar-refractivity contribution is 5.86. The van der Waals surface area contributed by atoms with E-state index in [1.54, 1.807) is 11.0 Å². The quantitative estimate of drug-likeness (QED) is 0.761. The molecule has 6 nitrogen and oxygen atoms in total. The van der Waals surface area contributed by atoms with Crippen LogP contribution in [0.5, 0.6) is 0 Å². The van der Waals surface area contributed by atoms with E-state index < -0.39 is 11.9 Å². The van der Waals surface area contributed by atoms with Crippen LogP contribution >= 0.6 is 0 Å². The number of amides is 1. The van der Waals surface area contributed by atoms with E-state index in [9.17, 15) is 9.59 Å². The second-order valence-corrected chi connectivity index (χ2v) is 4.05. The summed E-state index contributed by atoms with van der Waals surface area (Å²) >= 11 is 0. The maximum Gasteiger partial charge on any atom is 0.372 e. The van der Waals surface area contributed by atoms with E-state index in [1.165, 1.54) is 6.26 Å². The molecule has 0 aromatic carbocycles. The van der Waals surface area contributed by atoms with Crippen molar-refractivity contribution in [2.75, 3.05) is 6.54 Å². The summed E-state index contributed by atoms with van der Waals surface area (Å²) in [6, 6.07) is 1.67. The molecule has 1 aromatic heterocycles. The van der Waals surface area contributed by atoms with Crippen LogP contribution in [-0.4, -0.2) is 34.5 Å². The van der Waals surface area contributed by atoms with Gasteiger partial charge in [0.15, 0.2) is 0 Å². The number of carboxylic acids is 1. The summed E-state index contributed by atoms with van der Waals surface area (Å²) in [5, 5.41) is 8.88. The molecular weight excluding hydrogens is 224 g/mol. The van der Waals surface area contributed by atoms with Crippen molar-refractivity contribution in [3.63, 3.8) is 0 Å². The zero-order chi connectivity index (χ0) is 13.0. The molecule has 94 valence electrons. The molecule has 1 aromatic rings. The Morgan fingerprint density at radius 3 is 2.65 bits per heavy atom. The number of carbonyl (C=O) groups is 2. The summed E-state index contributed by atoms with van der Waals surface area (Å²) < 4.78 is 4.87. The number of hydrogen-bond donors (Lipinski definition) is 2.